The fourth-order valence-corrected chi connectivity index (χ4v) is 3.32. The predicted molar refractivity (Wildman–Crippen MR) is 106 cm³/mol. The maximum absolute atomic E-state index is 12.2. The maximum atomic E-state index is 12.2. The molecule has 2 aromatic carbocycles. The van der Waals surface area contributed by atoms with E-state index in [1.807, 2.05) is 44.2 Å². The summed E-state index contributed by atoms with van der Waals surface area (Å²) in [5, 5.41) is 21.6. The largest absolute Gasteiger partial charge is 0.507 e. The number of hydrogen-bond donors (Lipinski definition) is 2. The van der Waals surface area contributed by atoms with Gasteiger partial charge in [-0.15, -0.1) is 10.2 Å². The van der Waals surface area contributed by atoms with Gasteiger partial charge >= 0.3 is 0 Å². The number of para-hydroxylation sites is 1. The molecule has 3 aromatic rings. The molecular weight excluding hydrogens is 370 g/mol. The molecule has 0 bridgehead atoms. The summed E-state index contributed by atoms with van der Waals surface area (Å²) in [6.07, 6.45) is 1.74. The van der Waals surface area contributed by atoms with E-state index in [1.54, 1.807) is 18.2 Å². The van der Waals surface area contributed by atoms with Crippen LogP contribution in [0.5, 0.6) is 5.75 Å². The number of phenols is 1. The van der Waals surface area contributed by atoms with Crippen molar-refractivity contribution in [2.75, 3.05) is 5.32 Å². The van der Waals surface area contributed by atoms with Gasteiger partial charge in [0.05, 0.1) is 5.03 Å². The molecule has 132 valence electrons. The fourth-order valence-electron chi connectivity index (χ4n) is 2.40. The first-order chi connectivity index (χ1) is 12.4. The Labute approximate surface area is 160 Å². The highest BCUT2D eigenvalue weighted by Gasteiger charge is 2.15. The van der Waals surface area contributed by atoms with Crippen LogP contribution in [0.1, 0.15) is 31.5 Å². The normalized spacial score (nSPS) is 11.4. The Morgan fingerprint density at radius 3 is 2.38 bits per heavy atom. The smallest absolute Gasteiger partial charge is 0.286 e. The van der Waals surface area contributed by atoms with Gasteiger partial charge in [0.1, 0.15) is 5.75 Å². The van der Waals surface area contributed by atoms with Gasteiger partial charge in [0.15, 0.2) is 5.01 Å². The molecule has 0 atom stereocenters. The number of aromatic hydroxyl groups is 1. The number of halogens is 1. The van der Waals surface area contributed by atoms with Crippen molar-refractivity contribution in [3.8, 4) is 5.75 Å². The molecule has 26 heavy (non-hydrogen) atoms. The second-order valence-corrected chi connectivity index (χ2v) is 7.11. The summed E-state index contributed by atoms with van der Waals surface area (Å²) in [6.45, 7) is 3.65. The first kappa shape index (κ1) is 18.1. The lowest BCUT2D eigenvalue weighted by molar-refractivity contribution is 0.102. The topological polar surface area (TPSA) is 75.1 Å². The number of aromatic nitrogens is 2. The van der Waals surface area contributed by atoms with E-state index in [1.165, 1.54) is 0 Å². The zero-order chi connectivity index (χ0) is 18.7. The van der Waals surface area contributed by atoms with Gasteiger partial charge in [0.25, 0.3) is 5.91 Å². The summed E-state index contributed by atoms with van der Waals surface area (Å²) in [6, 6.07) is 12.8. The quantitative estimate of drug-likeness (QED) is 0.673. The van der Waals surface area contributed by atoms with Crippen LogP contribution in [0.3, 0.4) is 0 Å². The van der Waals surface area contributed by atoms with Gasteiger partial charge in [-0.25, -0.2) is 0 Å². The number of benzene rings is 2. The van der Waals surface area contributed by atoms with Crippen LogP contribution in [-0.2, 0) is 0 Å². The van der Waals surface area contributed by atoms with Gasteiger partial charge in [0.2, 0.25) is 5.01 Å². The van der Waals surface area contributed by atoms with E-state index >= 15 is 0 Å². The highest BCUT2D eigenvalue weighted by Crippen LogP contribution is 2.29. The Hall–Kier alpha value is -2.70. The van der Waals surface area contributed by atoms with Crippen molar-refractivity contribution in [2.45, 2.75) is 13.8 Å². The number of nitrogens with zero attached hydrogens (tertiary/aromatic N) is 2. The Morgan fingerprint density at radius 2 is 1.73 bits per heavy atom. The second kappa shape index (κ2) is 7.68. The number of carbonyl (C=O) groups excluding carboxylic acids is 1. The Kier molecular flexibility index (Phi) is 5.35. The third kappa shape index (κ3) is 4.09. The summed E-state index contributed by atoms with van der Waals surface area (Å²) >= 11 is 7.45. The third-order valence-corrected chi connectivity index (χ3v) is 5.02. The van der Waals surface area contributed by atoms with E-state index in [9.17, 15) is 9.90 Å². The molecule has 5 nitrogen and oxygen atoms in total. The third-order valence-electron chi connectivity index (χ3n) is 3.66. The zero-order valence-electron chi connectivity index (χ0n) is 14.2. The molecule has 0 unspecified atom stereocenters. The number of rotatable bonds is 4. The number of carbonyl (C=O) groups is 1. The van der Waals surface area contributed by atoms with Crippen LogP contribution in [-0.4, -0.2) is 21.2 Å². The van der Waals surface area contributed by atoms with E-state index in [4.69, 9.17) is 11.6 Å². The Bertz CT molecular complexity index is 960. The summed E-state index contributed by atoms with van der Waals surface area (Å²) in [7, 11) is 0. The number of anilines is 1. The minimum Gasteiger partial charge on any atom is -0.507 e. The van der Waals surface area contributed by atoms with Crippen LogP contribution in [0.4, 0.5) is 5.69 Å². The van der Waals surface area contributed by atoms with Crippen LogP contribution >= 0.6 is 22.9 Å². The maximum Gasteiger partial charge on any atom is 0.286 e. The van der Waals surface area contributed by atoms with Crippen molar-refractivity contribution >= 4 is 45.6 Å². The molecule has 0 fully saturated rings. The van der Waals surface area contributed by atoms with Gasteiger partial charge in [-0.1, -0.05) is 41.1 Å². The van der Waals surface area contributed by atoms with E-state index < -0.39 is 0 Å². The number of aryl methyl sites for hydroxylation is 2. The van der Waals surface area contributed by atoms with Gasteiger partial charge in [-0.2, -0.15) is 0 Å². The molecule has 7 heteroatoms. The molecule has 1 aromatic heterocycles. The molecule has 0 radical (unpaired) electrons. The second-order valence-electron chi connectivity index (χ2n) is 5.73. The van der Waals surface area contributed by atoms with Gasteiger partial charge in [-0.05, 0) is 60.9 Å². The Balaban J connectivity index is 1.79. The molecule has 0 saturated carbocycles. The lowest BCUT2D eigenvalue weighted by Gasteiger charge is -2.05. The molecule has 1 heterocycles. The summed E-state index contributed by atoms with van der Waals surface area (Å²) in [5.74, 6) is -0.0604. The standard InChI is InChI=1S/C19H16ClN3O2S/c1-11-8-13(9-12(2)16(11)24)10-15(20)18-22-23-19(26-18)17(25)21-14-6-4-3-5-7-14/h3-10,24H,1-2H3,(H,21,25)/b15-10-. The van der Waals surface area contributed by atoms with Crippen molar-refractivity contribution in [2.24, 2.45) is 0 Å². The molecule has 3 rings (SSSR count). The number of hydrogen-bond acceptors (Lipinski definition) is 5. The molecule has 0 saturated heterocycles. The van der Waals surface area contributed by atoms with Gasteiger partial charge in [-0.3, -0.25) is 4.79 Å². The summed E-state index contributed by atoms with van der Waals surface area (Å²) < 4.78 is 0. The highest BCUT2D eigenvalue weighted by molar-refractivity contribution is 7.15. The average Bonchev–Trinajstić information content (AvgIpc) is 3.11. The SMILES string of the molecule is Cc1cc(/C=C(\Cl)c2nnc(C(=O)Nc3ccccc3)s2)cc(C)c1O. The number of nitrogens with one attached hydrogen (secondary N) is 1. The fraction of sp³-hybridized carbons (Fsp3) is 0.105. The molecule has 0 aliphatic heterocycles. The van der Waals surface area contributed by atoms with Crippen LogP contribution < -0.4 is 5.32 Å². The first-order valence-electron chi connectivity index (χ1n) is 7.81. The van der Waals surface area contributed by atoms with Crippen LogP contribution in [0.15, 0.2) is 42.5 Å². The molecule has 0 aliphatic carbocycles. The van der Waals surface area contributed by atoms with Crippen LogP contribution in [0.25, 0.3) is 11.1 Å². The van der Waals surface area contributed by atoms with Gasteiger partial charge in [0, 0.05) is 5.69 Å². The lowest BCUT2D eigenvalue weighted by atomic mass is 10.1. The van der Waals surface area contributed by atoms with Crippen molar-refractivity contribution in [3.63, 3.8) is 0 Å². The Morgan fingerprint density at radius 1 is 1.12 bits per heavy atom. The summed E-state index contributed by atoms with van der Waals surface area (Å²) in [4.78, 5) is 12.2. The van der Waals surface area contributed by atoms with E-state index in [2.05, 4.69) is 15.5 Å². The summed E-state index contributed by atoms with van der Waals surface area (Å²) in [5.41, 5.74) is 3.06. The number of phenolic OH excluding ortho intramolecular Hbond substituents is 1. The van der Waals surface area contributed by atoms with Crippen molar-refractivity contribution in [3.05, 3.63) is 69.2 Å². The predicted octanol–water partition coefficient (Wildman–Crippen LogP) is 4.85. The zero-order valence-corrected chi connectivity index (χ0v) is 15.7. The molecule has 0 spiro atoms. The molecular formula is C19H16ClN3O2S. The molecule has 1 amide bonds. The molecule has 0 aliphatic rings. The van der Waals surface area contributed by atoms with Crippen molar-refractivity contribution in [1.29, 1.82) is 0 Å². The van der Waals surface area contributed by atoms with E-state index in [0.29, 0.717) is 15.7 Å². The monoisotopic (exact) mass is 385 g/mol. The minimum atomic E-state index is -0.333. The minimum absolute atomic E-state index is 0.230. The highest BCUT2D eigenvalue weighted by atomic mass is 35.5. The number of amides is 1. The van der Waals surface area contributed by atoms with E-state index in [0.717, 1.165) is 28.0 Å². The van der Waals surface area contributed by atoms with Gasteiger partial charge < -0.3 is 10.4 Å². The lowest BCUT2D eigenvalue weighted by Crippen LogP contribution is -2.11. The molecule has 2 N–H and O–H groups in total. The van der Waals surface area contributed by atoms with Crippen LogP contribution in [0, 0.1) is 13.8 Å². The first-order valence-corrected chi connectivity index (χ1v) is 9.01. The van der Waals surface area contributed by atoms with E-state index in [-0.39, 0.29) is 16.7 Å². The average molecular weight is 386 g/mol. The van der Waals surface area contributed by atoms with Crippen LogP contribution in [0.2, 0.25) is 0 Å². The van der Waals surface area contributed by atoms with Crippen molar-refractivity contribution < 1.29 is 9.90 Å². The van der Waals surface area contributed by atoms with Crippen molar-refractivity contribution in [1.82, 2.24) is 10.2 Å².